The van der Waals surface area contributed by atoms with Crippen LogP contribution in [0.5, 0.6) is 34.5 Å². The molecule has 0 saturated heterocycles. The zero-order valence-corrected chi connectivity index (χ0v) is 17.8. The largest absolute Gasteiger partial charge is 0.508 e. The number of phenolic OH excluding ortho intramolecular Hbond substituents is 2. The van der Waals surface area contributed by atoms with Crippen LogP contribution in [0.3, 0.4) is 0 Å². The molecule has 4 aromatic rings. The third kappa shape index (κ3) is 6.36. The van der Waals surface area contributed by atoms with Gasteiger partial charge in [0.2, 0.25) is 0 Å². The van der Waals surface area contributed by atoms with E-state index in [0.29, 0.717) is 23.0 Å². The fraction of sp³-hybridized carbons (Fsp3) is 0. The van der Waals surface area contributed by atoms with Gasteiger partial charge in [-0.25, -0.2) is 3.63 Å². The normalized spacial score (nSPS) is 10.6. The zero-order chi connectivity index (χ0) is 21.5. The van der Waals surface area contributed by atoms with Gasteiger partial charge in [-0.1, -0.05) is 12.1 Å². The third-order valence-corrected chi connectivity index (χ3v) is 5.49. The lowest BCUT2D eigenvalue weighted by molar-refractivity contribution is 0.454. The highest BCUT2D eigenvalue weighted by atomic mass is 32.2. The van der Waals surface area contributed by atoms with Gasteiger partial charge in [0.05, 0.1) is 0 Å². The van der Waals surface area contributed by atoms with Crippen molar-refractivity contribution in [1.82, 2.24) is 0 Å². The molecule has 0 spiro atoms. The van der Waals surface area contributed by atoms with E-state index in [4.69, 9.17) is 13.1 Å². The lowest BCUT2D eigenvalue weighted by Gasteiger charge is -2.08. The molecule has 31 heavy (non-hydrogen) atoms. The van der Waals surface area contributed by atoms with Crippen molar-refractivity contribution < 1.29 is 23.3 Å². The summed E-state index contributed by atoms with van der Waals surface area (Å²) in [6, 6.07) is 28.3. The summed E-state index contributed by atoms with van der Waals surface area (Å²) in [5.41, 5.74) is 0. The fourth-order valence-electron chi connectivity index (χ4n) is 2.59. The molecule has 0 heterocycles. The van der Waals surface area contributed by atoms with Crippen molar-refractivity contribution in [2.75, 3.05) is 0 Å². The predicted octanol–water partition coefficient (Wildman–Crippen LogP) is 7.41. The predicted molar refractivity (Wildman–Crippen MR) is 122 cm³/mol. The van der Waals surface area contributed by atoms with Crippen LogP contribution in [0.15, 0.2) is 107 Å². The SMILES string of the molecule is Oc1cccc(Oc2ccc(SOSc3ccc(Oc4cccc(O)c4)cc3)cc2)c1. The van der Waals surface area contributed by atoms with Crippen LogP contribution in [-0.4, -0.2) is 10.2 Å². The van der Waals surface area contributed by atoms with Crippen LogP contribution in [0.1, 0.15) is 0 Å². The van der Waals surface area contributed by atoms with Crippen LogP contribution in [0.25, 0.3) is 0 Å². The van der Waals surface area contributed by atoms with Gasteiger partial charge in [0.15, 0.2) is 0 Å². The molecule has 4 aromatic carbocycles. The molecule has 0 aliphatic carbocycles. The zero-order valence-electron chi connectivity index (χ0n) is 16.2. The van der Waals surface area contributed by atoms with Gasteiger partial charge < -0.3 is 19.7 Å². The minimum atomic E-state index is 0.161. The Morgan fingerprint density at radius 2 is 0.903 bits per heavy atom. The maximum atomic E-state index is 9.50. The molecule has 0 unspecified atom stereocenters. The summed E-state index contributed by atoms with van der Waals surface area (Å²) >= 11 is 2.50. The summed E-state index contributed by atoms with van der Waals surface area (Å²) in [5, 5.41) is 19.0. The lowest BCUT2D eigenvalue weighted by Crippen LogP contribution is -1.84. The van der Waals surface area contributed by atoms with Crippen LogP contribution in [0.2, 0.25) is 0 Å². The molecule has 0 saturated carbocycles. The van der Waals surface area contributed by atoms with Gasteiger partial charge in [-0.15, -0.1) is 0 Å². The number of hydrogen-bond donors (Lipinski definition) is 2. The van der Waals surface area contributed by atoms with Crippen molar-refractivity contribution in [1.29, 1.82) is 0 Å². The van der Waals surface area contributed by atoms with E-state index >= 15 is 0 Å². The Hall–Kier alpha value is -3.26. The molecule has 0 radical (unpaired) electrons. The first-order valence-electron chi connectivity index (χ1n) is 9.29. The molecule has 2 N–H and O–H groups in total. The summed E-state index contributed by atoms with van der Waals surface area (Å²) in [5.74, 6) is 2.81. The monoisotopic (exact) mass is 450 g/mol. The van der Waals surface area contributed by atoms with E-state index in [1.165, 1.54) is 24.1 Å². The molecule has 0 bridgehead atoms. The number of ether oxygens (including phenoxy) is 2. The van der Waals surface area contributed by atoms with E-state index in [-0.39, 0.29) is 11.5 Å². The van der Waals surface area contributed by atoms with Crippen LogP contribution in [0, 0.1) is 0 Å². The Kier molecular flexibility index (Phi) is 6.89. The van der Waals surface area contributed by atoms with Crippen molar-refractivity contribution in [3.8, 4) is 34.5 Å². The highest BCUT2D eigenvalue weighted by Gasteiger charge is 2.03. The van der Waals surface area contributed by atoms with E-state index in [1.54, 1.807) is 48.5 Å². The number of phenols is 2. The van der Waals surface area contributed by atoms with Gasteiger partial charge in [0, 0.05) is 46.0 Å². The minimum absolute atomic E-state index is 0.161. The van der Waals surface area contributed by atoms with E-state index in [0.717, 1.165) is 9.79 Å². The first-order valence-corrected chi connectivity index (χ1v) is 10.8. The van der Waals surface area contributed by atoms with Crippen molar-refractivity contribution in [2.45, 2.75) is 9.79 Å². The summed E-state index contributed by atoms with van der Waals surface area (Å²) in [7, 11) is 0. The number of hydrogen-bond acceptors (Lipinski definition) is 7. The van der Waals surface area contributed by atoms with Crippen molar-refractivity contribution >= 4 is 24.1 Å². The third-order valence-electron chi connectivity index (χ3n) is 4.01. The Balaban J connectivity index is 1.25. The van der Waals surface area contributed by atoms with Gasteiger partial charge in [0.25, 0.3) is 0 Å². The average molecular weight is 451 g/mol. The topological polar surface area (TPSA) is 68.2 Å². The van der Waals surface area contributed by atoms with E-state index in [9.17, 15) is 10.2 Å². The smallest absolute Gasteiger partial charge is 0.131 e. The van der Waals surface area contributed by atoms with Gasteiger partial charge in [-0.05, 0) is 72.8 Å². The molecular formula is C24H18O5S2. The molecule has 4 rings (SSSR count). The van der Waals surface area contributed by atoms with Crippen LogP contribution in [0.4, 0.5) is 0 Å². The standard InChI is InChI=1S/C24H18O5S2/c25-17-3-1-5-21(15-17)27-19-7-11-23(12-8-19)30-29-31-24-13-9-20(10-14-24)28-22-6-2-4-18(26)16-22/h1-16,25-26H. The average Bonchev–Trinajstić information content (AvgIpc) is 2.76. The molecule has 5 nitrogen and oxygen atoms in total. The fourth-order valence-corrected chi connectivity index (χ4v) is 3.85. The summed E-state index contributed by atoms with van der Waals surface area (Å²) < 4.78 is 17.1. The van der Waals surface area contributed by atoms with Gasteiger partial charge in [-0.2, -0.15) is 0 Å². The van der Waals surface area contributed by atoms with Crippen molar-refractivity contribution in [3.05, 3.63) is 97.1 Å². The van der Waals surface area contributed by atoms with Crippen molar-refractivity contribution in [3.63, 3.8) is 0 Å². The summed E-state index contributed by atoms with van der Waals surface area (Å²) in [6.45, 7) is 0. The molecule has 156 valence electrons. The molecule has 0 fully saturated rings. The highest BCUT2D eigenvalue weighted by Crippen LogP contribution is 2.33. The van der Waals surface area contributed by atoms with Crippen LogP contribution < -0.4 is 9.47 Å². The number of benzene rings is 4. The molecule has 0 aliphatic rings. The molecular weight excluding hydrogens is 432 g/mol. The Morgan fingerprint density at radius 1 is 0.484 bits per heavy atom. The summed E-state index contributed by atoms with van der Waals surface area (Å²) in [4.78, 5) is 1.86. The second-order valence-corrected chi connectivity index (χ2v) is 8.20. The molecule has 0 amide bonds. The maximum absolute atomic E-state index is 9.50. The maximum Gasteiger partial charge on any atom is 0.131 e. The second kappa shape index (κ2) is 10.2. The van der Waals surface area contributed by atoms with Gasteiger partial charge in [-0.3, -0.25) is 0 Å². The number of aromatic hydroxyl groups is 2. The minimum Gasteiger partial charge on any atom is -0.508 e. The lowest BCUT2D eigenvalue weighted by atomic mass is 10.3. The van der Waals surface area contributed by atoms with E-state index in [2.05, 4.69) is 0 Å². The Bertz CT molecular complexity index is 1040. The second-order valence-electron chi connectivity index (χ2n) is 6.38. The molecule has 0 aliphatic heterocycles. The van der Waals surface area contributed by atoms with Gasteiger partial charge >= 0.3 is 0 Å². The first kappa shape index (κ1) is 21.0. The quantitative estimate of drug-likeness (QED) is 0.271. The Labute approximate surface area is 188 Å². The summed E-state index contributed by atoms with van der Waals surface area (Å²) in [6.07, 6.45) is 0. The van der Waals surface area contributed by atoms with E-state index < -0.39 is 0 Å². The first-order chi connectivity index (χ1) is 15.1. The van der Waals surface area contributed by atoms with Gasteiger partial charge in [0.1, 0.15) is 34.5 Å². The molecule has 0 aromatic heterocycles. The number of rotatable bonds is 8. The highest BCUT2D eigenvalue weighted by molar-refractivity contribution is 8.07. The molecule has 0 atom stereocenters. The van der Waals surface area contributed by atoms with Crippen molar-refractivity contribution in [2.24, 2.45) is 0 Å². The van der Waals surface area contributed by atoms with Crippen LogP contribution in [-0.2, 0) is 3.63 Å². The van der Waals surface area contributed by atoms with Crippen LogP contribution >= 0.6 is 24.1 Å². The Morgan fingerprint density at radius 3 is 1.29 bits per heavy atom. The van der Waals surface area contributed by atoms with E-state index in [1.807, 2.05) is 48.5 Å². The molecule has 7 heteroatoms.